The van der Waals surface area contributed by atoms with Crippen LogP contribution in [0.4, 0.5) is 4.39 Å². The largest absolute Gasteiger partial charge is 0.385 e. The van der Waals surface area contributed by atoms with Crippen molar-refractivity contribution in [3.05, 3.63) is 92.9 Å². The predicted octanol–water partition coefficient (Wildman–Crippen LogP) is 4.85. The van der Waals surface area contributed by atoms with Gasteiger partial charge in [-0.05, 0) is 66.1 Å². The van der Waals surface area contributed by atoms with Crippen molar-refractivity contribution in [1.82, 2.24) is 9.80 Å². The maximum absolute atomic E-state index is 13.8. The van der Waals surface area contributed by atoms with Gasteiger partial charge in [0.05, 0.1) is 6.04 Å². The molecule has 1 aliphatic rings. The Kier molecular flexibility index (Phi) is 7.75. The summed E-state index contributed by atoms with van der Waals surface area (Å²) in [4.78, 5) is 31.6. The number of nitrogens with zero attached hydrogens (tertiary/aromatic N) is 2. The molecule has 4 rings (SSSR count). The molecular formula is C27H29FN2O3S. The molecule has 34 heavy (non-hydrogen) atoms. The number of fused-ring (bicyclic) bond motifs is 1. The summed E-state index contributed by atoms with van der Waals surface area (Å²) in [6.45, 7) is 3.39. The molecule has 0 saturated heterocycles. The van der Waals surface area contributed by atoms with Crippen molar-refractivity contribution < 1.29 is 18.7 Å². The lowest BCUT2D eigenvalue weighted by Gasteiger charge is -2.38. The summed E-state index contributed by atoms with van der Waals surface area (Å²) in [5.41, 5.74) is 3.61. The van der Waals surface area contributed by atoms with Gasteiger partial charge in [0.25, 0.3) is 5.91 Å². The highest BCUT2D eigenvalue weighted by Gasteiger charge is 2.34. The Balaban J connectivity index is 1.62. The second kappa shape index (κ2) is 10.9. The average molecular weight is 481 g/mol. The zero-order chi connectivity index (χ0) is 24.1. The van der Waals surface area contributed by atoms with Gasteiger partial charge < -0.3 is 14.5 Å². The molecule has 0 radical (unpaired) electrons. The molecule has 1 aliphatic heterocycles. The molecule has 0 N–H and O–H groups in total. The number of thiophene rings is 1. The van der Waals surface area contributed by atoms with Crippen molar-refractivity contribution in [2.45, 2.75) is 25.8 Å². The van der Waals surface area contributed by atoms with Crippen LogP contribution in [0, 0.1) is 12.7 Å². The van der Waals surface area contributed by atoms with Crippen molar-refractivity contribution in [3.8, 4) is 0 Å². The van der Waals surface area contributed by atoms with Gasteiger partial charge in [0.15, 0.2) is 0 Å². The Bertz CT molecular complexity index is 1160. The van der Waals surface area contributed by atoms with E-state index in [1.165, 1.54) is 28.0 Å². The Morgan fingerprint density at radius 2 is 1.97 bits per heavy atom. The molecule has 178 valence electrons. The molecule has 1 unspecified atom stereocenters. The molecule has 2 amide bonds. The molecule has 1 aromatic heterocycles. The Labute approximate surface area is 203 Å². The summed E-state index contributed by atoms with van der Waals surface area (Å²) in [6, 6.07) is 15.6. The van der Waals surface area contributed by atoms with E-state index in [9.17, 15) is 14.0 Å². The third-order valence-corrected chi connectivity index (χ3v) is 7.23. The lowest BCUT2D eigenvalue weighted by atomic mass is 9.90. The van der Waals surface area contributed by atoms with Crippen LogP contribution in [-0.4, -0.2) is 55.0 Å². The minimum Gasteiger partial charge on any atom is -0.385 e. The molecule has 2 aromatic carbocycles. The molecule has 0 spiro atoms. The van der Waals surface area contributed by atoms with Crippen LogP contribution in [0.3, 0.4) is 0 Å². The predicted molar refractivity (Wildman–Crippen MR) is 132 cm³/mol. The smallest absolute Gasteiger partial charge is 0.254 e. The highest BCUT2D eigenvalue weighted by molar-refractivity contribution is 7.10. The van der Waals surface area contributed by atoms with E-state index in [4.69, 9.17) is 4.74 Å². The third kappa shape index (κ3) is 5.21. The van der Waals surface area contributed by atoms with Gasteiger partial charge in [-0.15, -0.1) is 11.3 Å². The lowest BCUT2D eigenvalue weighted by molar-refractivity contribution is -0.134. The highest BCUT2D eigenvalue weighted by atomic mass is 32.1. The van der Waals surface area contributed by atoms with Crippen molar-refractivity contribution >= 4 is 23.2 Å². The molecular weight excluding hydrogens is 451 g/mol. The maximum Gasteiger partial charge on any atom is 0.254 e. The summed E-state index contributed by atoms with van der Waals surface area (Å²) >= 11 is 1.72. The number of carbonyl (C=O) groups excluding carboxylic acids is 2. The van der Waals surface area contributed by atoms with E-state index in [1.54, 1.807) is 24.5 Å². The Hall–Kier alpha value is -3.03. The van der Waals surface area contributed by atoms with Crippen LogP contribution >= 0.6 is 11.3 Å². The van der Waals surface area contributed by atoms with Gasteiger partial charge in [0.1, 0.15) is 12.4 Å². The molecule has 0 fully saturated rings. The first-order valence-corrected chi connectivity index (χ1v) is 12.3. The van der Waals surface area contributed by atoms with Gasteiger partial charge in [-0.3, -0.25) is 9.59 Å². The number of halogens is 1. The summed E-state index contributed by atoms with van der Waals surface area (Å²) in [5.74, 6) is -0.952. The van der Waals surface area contributed by atoms with Crippen LogP contribution in [0.5, 0.6) is 0 Å². The van der Waals surface area contributed by atoms with E-state index in [1.807, 2.05) is 17.0 Å². The number of carbonyl (C=O) groups is 2. The summed E-state index contributed by atoms with van der Waals surface area (Å²) < 4.78 is 18.9. The Morgan fingerprint density at radius 3 is 2.74 bits per heavy atom. The lowest BCUT2D eigenvalue weighted by Crippen LogP contribution is -2.47. The van der Waals surface area contributed by atoms with E-state index in [-0.39, 0.29) is 30.0 Å². The first-order chi connectivity index (χ1) is 16.5. The summed E-state index contributed by atoms with van der Waals surface area (Å²) in [6.07, 6.45) is 1.38. The summed E-state index contributed by atoms with van der Waals surface area (Å²) in [5, 5.41) is 2.08. The van der Waals surface area contributed by atoms with Crippen LogP contribution in [-0.2, 0) is 16.0 Å². The van der Waals surface area contributed by atoms with E-state index in [2.05, 4.69) is 30.5 Å². The van der Waals surface area contributed by atoms with Crippen LogP contribution in [0.1, 0.15) is 44.4 Å². The normalized spacial score (nSPS) is 15.1. The molecule has 2 heterocycles. The van der Waals surface area contributed by atoms with Crippen LogP contribution in [0.25, 0.3) is 0 Å². The van der Waals surface area contributed by atoms with E-state index >= 15 is 0 Å². The molecule has 0 bridgehead atoms. The van der Waals surface area contributed by atoms with Crippen molar-refractivity contribution in [3.63, 3.8) is 0 Å². The number of ether oxygens (including phenoxy) is 1. The molecule has 7 heteroatoms. The number of hydrogen-bond acceptors (Lipinski definition) is 4. The van der Waals surface area contributed by atoms with Crippen molar-refractivity contribution in [1.29, 1.82) is 0 Å². The zero-order valence-corrected chi connectivity index (χ0v) is 20.3. The minimum atomic E-state index is -0.477. The quantitative estimate of drug-likeness (QED) is 0.433. The number of amides is 2. The first kappa shape index (κ1) is 24.1. The van der Waals surface area contributed by atoms with Crippen LogP contribution < -0.4 is 0 Å². The fourth-order valence-corrected chi connectivity index (χ4v) is 5.43. The number of methoxy groups -OCH3 is 1. The number of benzene rings is 2. The first-order valence-electron chi connectivity index (χ1n) is 11.4. The highest BCUT2D eigenvalue weighted by Crippen LogP contribution is 2.39. The van der Waals surface area contributed by atoms with Gasteiger partial charge >= 0.3 is 0 Å². The average Bonchev–Trinajstić information content (AvgIpc) is 3.32. The second-order valence-corrected chi connectivity index (χ2v) is 9.48. The summed E-state index contributed by atoms with van der Waals surface area (Å²) in [7, 11) is 1.60. The molecule has 1 atom stereocenters. The fraction of sp³-hybridized carbons (Fsp3) is 0.333. The molecule has 3 aromatic rings. The van der Waals surface area contributed by atoms with Gasteiger partial charge in [0, 0.05) is 37.2 Å². The molecule has 0 aliphatic carbocycles. The van der Waals surface area contributed by atoms with E-state index in [0.717, 1.165) is 23.1 Å². The van der Waals surface area contributed by atoms with Gasteiger partial charge in [0.2, 0.25) is 5.91 Å². The molecule has 5 nitrogen and oxygen atoms in total. The second-order valence-electron chi connectivity index (χ2n) is 8.48. The van der Waals surface area contributed by atoms with Gasteiger partial charge in [-0.25, -0.2) is 4.39 Å². The Morgan fingerprint density at radius 1 is 1.15 bits per heavy atom. The zero-order valence-electron chi connectivity index (χ0n) is 19.5. The van der Waals surface area contributed by atoms with Crippen molar-refractivity contribution in [2.24, 2.45) is 0 Å². The van der Waals surface area contributed by atoms with Gasteiger partial charge in [-0.1, -0.05) is 30.3 Å². The van der Waals surface area contributed by atoms with Crippen LogP contribution in [0.2, 0.25) is 0 Å². The third-order valence-electron chi connectivity index (χ3n) is 6.23. The molecule has 0 saturated carbocycles. The standard InChI is InChI=1S/C27H29FN2O3S/c1-19-7-3-4-10-22(19)26-23-12-16-34-24(23)11-14-30(26)25(31)18-29(13-6-15-33-2)27(32)20-8-5-9-21(28)17-20/h3-5,7-10,12,16-17,26H,6,11,13-15,18H2,1-2H3. The number of hydrogen-bond donors (Lipinski definition) is 0. The monoisotopic (exact) mass is 480 g/mol. The van der Waals surface area contributed by atoms with E-state index in [0.29, 0.717) is 26.1 Å². The van der Waals surface area contributed by atoms with Crippen molar-refractivity contribution in [2.75, 3.05) is 33.4 Å². The fourth-order valence-electron chi connectivity index (χ4n) is 4.52. The topological polar surface area (TPSA) is 49.9 Å². The SMILES string of the molecule is COCCCN(CC(=O)N1CCc2sccc2C1c1ccccc1C)C(=O)c1cccc(F)c1. The minimum absolute atomic E-state index is 0.0685. The van der Waals surface area contributed by atoms with Crippen LogP contribution in [0.15, 0.2) is 60.0 Å². The van der Waals surface area contributed by atoms with Gasteiger partial charge in [-0.2, -0.15) is 0 Å². The van der Waals surface area contributed by atoms with E-state index < -0.39 is 5.82 Å². The number of aryl methyl sites for hydroxylation is 1. The number of rotatable bonds is 8. The maximum atomic E-state index is 13.8.